The Balaban J connectivity index is 2.08. The van der Waals surface area contributed by atoms with Crippen molar-refractivity contribution in [1.29, 1.82) is 0 Å². The number of rotatable bonds is 12. The van der Waals surface area contributed by atoms with E-state index in [1.807, 2.05) is 51.1 Å². The van der Waals surface area contributed by atoms with Crippen LogP contribution in [0.1, 0.15) is 43.4 Å². The Kier molecular flexibility index (Phi) is 10.5. The van der Waals surface area contributed by atoms with Crippen molar-refractivity contribution in [3.05, 3.63) is 94.5 Å². The number of amides is 2. The first-order valence-corrected chi connectivity index (χ1v) is 14.9. The predicted octanol–water partition coefficient (Wildman–Crippen LogP) is 5.49. The van der Waals surface area contributed by atoms with E-state index in [0.717, 1.165) is 21.9 Å². The van der Waals surface area contributed by atoms with Gasteiger partial charge in [0.05, 0.1) is 10.6 Å². The van der Waals surface area contributed by atoms with E-state index in [1.165, 1.54) is 17.0 Å². The van der Waals surface area contributed by atoms with Gasteiger partial charge in [0.25, 0.3) is 10.0 Å². The van der Waals surface area contributed by atoms with E-state index in [0.29, 0.717) is 29.2 Å². The molecule has 208 valence electrons. The number of hydrogen-bond donors (Lipinski definition) is 1. The summed E-state index contributed by atoms with van der Waals surface area (Å²) in [7, 11) is -4.15. The fraction of sp³-hybridized carbons (Fsp3) is 0.333. The van der Waals surface area contributed by atoms with Gasteiger partial charge in [0.1, 0.15) is 12.6 Å². The maximum atomic E-state index is 14.0. The molecule has 0 bridgehead atoms. The highest BCUT2D eigenvalue weighted by atomic mass is 35.5. The molecule has 0 saturated heterocycles. The summed E-state index contributed by atoms with van der Waals surface area (Å²) < 4.78 is 29.0. The first-order chi connectivity index (χ1) is 18.6. The number of hydrogen-bond acceptors (Lipinski definition) is 4. The van der Waals surface area contributed by atoms with Gasteiger partial charge in [0.2, 0.25) is 11.8 Å². The van der Waals surface area contributed by atoms with Crippen LogP contribution in [0, 0.1) is 13.8 Å². The van der Waals surface area contributed by atoms with E-state index in [9.17, 15) is 18.0 Å². The van der Waals surface area contributed by atoms with Crippen molar-refractivity contribution in [2.24, 2.45) is 0 Å². The fourth-order valence-electron chi connectivity index (χ4n) is 4.28. The number of nitrogens with one attached hydrogen (secondary N) is 1. The van der Waals surface area contributed by atoms with Crippen LogP contribution >= 0.6 is 11.6 Å². The molecule has 0 saturated carbocycles. The molecule has 3 aromatic carbocycles. The van der Waals surface area contributed by atoms with E-state index < -0.39 is 28.5 Å². The molecule has 7 nitrogen and oxygen atoms in total. The maximum Gasteiger partial charge on any atom is 0.264 e. The third-order valence-corrected chi connectivity index (χ3v) is 8.71. The number of aryl methyl sites for hydroxylation is 1. The Morgan fingerprint density at radius 3 is 2.21 bits per heavy atom. The smallest absolute Gasteiger partial charge is 0.264 e. The standard InChI is InChI=1S/C30H36ClN3O4S/c1-5-19-32-30(36)27(6-2)33(20-24-11-8-7-9-12-24)29(35)21-34(28-14-10-13-26(31)23(28)4)39(37,38)25-17-15-22(3)16-18-25/h7-18,27H,5-6,19-21H2,1-4H3,(H,32,36)/t27-/m0/s1. The van der Waals surface area contributed by atoms with Crippen molar-refractivity contribution in [2.45, 2.75) is 58.0 Å². The average Bonchev–Trinajstić information content (AvgIpc) is 2.92. The lowest BCUT2D eigenvalue weighted by Crippen LogP contribution is -2.52. The number of halogens is 1. The first-order valence-electron chi connectivity index (χ1n) is 13.1. The summed E-state index contributed by atoms with van der Waals surface area (Å²) >= 11 is 6.37. The molecule has 0 aliphatic carbocycles. The minimum absolute atomic E-state index is 0.0580. The van der Waals surface area contributed by atoms with Gasteiger partial charge in [0.15, 0.2) is 0 Å². The van der Waals surface area contributed by atoms with Gasteiger partial charge >= 0.3 is 0 Å². The summed E-state index contributed by atoms with van der Waals surface area (Å²) in [6.07, 6.45) is 1.13. The van der Waals surface area contributed by atoms with Gasteiger partial charge in [0, 0.05) is 18.1 Å². The van der Waals surface area contributed by atoms with Crippen LogP contribution in [0.2, 0.25) is 5.02 Å². The molecule has 1 N–H and O–H groups in total. The number of carbonyl (C=O) groups excluding carboxylic acids is 2. The molecular weight excluding hydrogens is 534 g/mol. The number of anilines is 1. The summed E-state index contributed by atoms with van der Waals surface area (Å²) in [5.74, 6) is -0.761. The zero-order chi connectivity index (χ0) is 28.6. The monoisotopic (exact) mass is 569 g/mol. The van der Waals surface area contributed by atoms with E-state index in [4.69, 9.17) is 11.6 Å². The third-order valence-electron chi connectivity index (χ3n) is 6.53. The van der Waals surface area contributed by atoms with Crippen LogP contribution < -0.4 is 9.62 Å². The number of benzene rings is 3. The molecule has 0 spiro atoms. The second-order valence-corrected chi connectivity index (χ2v) is 11.7. The van der Waals surface area contributed by atoms with Gasteiger partial charge < -0.3 is 10.2 Å². The summed E-state index contributed by atoms with van der Waals surface area (Å²) in [4.78, 5) is 28.7. The van der Waals surface area contributed by atoms with Crippen LogP contribution in [0.5, 0.6) is 0 Å². The highest BCUT2D eigenvalue weighted by molar-refractivity contribution is 7.92. The van der Waals surface area contributed by atoms with Crippen molar-refractivity contribution in [2.75, 3.05) is 17.4 Å². The van der Waals surface area contributed by atoms with Crippen LogP contribution in [0.4, 0.5) is 5.69 Å². The lowest BCUT2D eigenvalue weighted by molar-refractivity contribution is -0.140. The van der Waals surface area contributed by atoms with Crippen LogP contribution in [0.3, 0.4) is 0 Å². The van der Waals surface area contributed by atoms with Crippen LogP contribution in [-0.4, -0.2) is 44.3 Å². The lowest BCUT2D eigenvalue weighted by Gasteiger charge is -2.33. The zero-order valence-electron chi connectivity index (χ0n) is 22.9. The maximum absolute atomic E-state index is 14.0. The fourth-order valence-corrected chi connectivity index (χ4v) is 5.92. The Morgan fingerprint density at radius 2 is 1.59 bits per heavy atom. The number of sulfonamides is 1. The van der Waals surface area contributed by atoms with E-state index in [2.05, 4.69) is 5.32 Å². The van der Waals surface area contributed by atoms with Gasteiger partial charge in [-0.05, 0) is 62.1 Å². The zero-order valence-corrected chi connectivity index (χ0v) is 24.4. The quantitative estimate of drug-likeness (QED) is 0.313. The largest absolute Gasteiger partial charge is 0.354 e. The van der Waals surface area contributed by atoms with Crippen LogP contribution in [0.25, 0.3) is 0 Å². The Morgan fingerprint density at radius 1 is 0.923 bits per heavy atom. The Bertz CT molecular complexity index is 1380. The average molecular weight is 570 g/mol. The van der Waals surface area contributed by atoms with E-state index >= 15 is 0 Å². The van der Waals surface area contributed by atoms with Gasteiger partial charge in [-0.2, -0.15) is 0 Å². The topological polar surface area (TPSA) is 86.8 Å². The molecule has 0 aliphatic rings. The van der Waals surface area contributed by atoms with E-state index in [1.54, 1.807) is 37.3 Å². The van der Waals surface area contributed by atoms with Gasteiger partial charge in [-0.15, -0.1) is 0 Å². The normalized spacial score (nSPS) is 12.0. The molecule has 0 aliphatic heterocycles. The first kappa shape index (κ1) is 30.2. The molecule has 2 amide bonds. The molecule has 39 heavy (non-hydrogen) atoms. The molecule has 0 heterocycles. The predicted molar refractivity (Wildman–Crippen MR) is 156 cm³/mol. The van der Waals surface area contributed by atoms with Gasteiger partial charge in [-0.25, -0.2) is 8.42 Å². The summed E-state index contributed by atoms with van der Waals surface area (Å²) in [6.45, 7) is 7.52. The summed E-state index contributed by atoms with van der Waals surface area (Å²) in [5, 5.41) is 3.27. The Hall–Kier alpha value is -3.36. The third kappa shape index (κ3) is 7.40. The highest BCUT2D eigenvalue weighted by Crippen LogP contribution is 2.31. The molecule has 3 rings (SSSR count). The van der Waals surface area contributed by atoms with Gasteiger partial charge in [-0.1, -0.05) is 79.5 Å². The van der Waals surface area contributed by atoms with Crippen molar-refractivity contribution in [1.82, 2.24) is 10.2 Å². The minimum atomic E-state index is -4.15. The minimum Gasteiger partial charge on any atom is -0.354 e. The van der Waals surface area contributed by atoms with Crippen molar-refractivity contribution >= 4 is 39.1 Å². The Labute approximate surface area is 236 Å². The van der Waals surface area contributed by atoms with Crippen LogP contribution in [0.15, 0.2) is 77.7 Å². The molecule has 3 aromatic rings. The molecule has 0 unspecified atom stereocenters. The molecule has 0 fully saturated rings. The van der Waals surface area contributed by atoms with Crippen molar-refractivity contribution in [3.8, 4) is 0 Å². The number of carbonyl (C=O) groups is 2. The molecule has 0 radical (unpaired) electrons. The summed E-state index contributed by atoms with van der Waals surface area (Å²) in [6, 6.07) is 20.0. The molecule has 9 heteroatoms. The number of nitrogens with zero attached hydrogens (tertiary/aromatic N) is 2. The summed E-state index contributed by atoms with van der Waals surface area (Å²) in [5.41, 5.74) is 2.58. The highest BCUT2D eigenvalue weighted by Gasteiger charge is 2.34. The SMILES string of the molecule is CCCNC(=O)[C@H](CC)N(Cc1ccccc1)C(=O)CN(c1cccc(Cl)c1C)S(=O)(=O)c1ccc(C)cc1. The molecule has 1 atom stereocenters. The second-order valence-electron chi connectivity index (χ2n) is 9.43. The van der Waals surface area contributed by atoms with Gasteiger partial charge in [-0.3, -0.25) is 13.9 Å². The molecular formula is C30H36ClN3O4S. The second kappa shape index (κ2) is 13.6. The lowest BCUT2D eigenvalue weighted by atomic mass is 10.1. The van der Waals surface area contributed by atoms with Crippen LogP contribution in [-0.2, 0) is 26.2 Å². The molecule has 0 aromatic heterocycles. The van der Waals surface area contributed by atoms with Crippen molar-refractivity contribution in [3.63, 3.8) is 0 Å². The van der Waals surface area contributed by atoms with E-state index in [-0.39, 0.29) is 17.3 Å². The van der Waals surface area contributed by atoms with Crippen molar-refractivity contribution < 1.29 is 18.0 Å².